The molecule has 0 spiro atoms. The van der Waals surface area contributed by atoms with Crippen LogP contribution in [0.15, 0.2) is 58.4 Å². The van der Waals surface area contributed by atoms with Crippen LogP contribution in [0.1, 0.15) is 5.01 Å². The van der Waals surface area contributed by atoms with Gasteiger partial charge in [-0.05, 0) is 30.3 Å². The first-order chi connectivity index (χ1) is 13.6. The van der Waals surface area contributed by atoms with Gasteiger partial charge in [0, 0.05) is 23.3 Å². The van der Waals surface area contributed by atoms with E-state index < -0.39 is 9.84 Å². The molecule has 0 saturated carbocycles. The van der Waals surface area contributed by atoms with Crippen molar-refractivity contribution in [3.63, 3.8) is 0 Å². The number of rotatable bonds is 4. The van der Waals surface area contributed by atoms with Gasteiger partial charge in [0.25, 0.3) is 0 Å². The van der Waals surface area contributed by atoms with E-state index in [1.807, 2.05) is 23.7 Å². The zero-order valence-corrected chi connectivity index (χ0v) is 17.1. The normalized spacial score (nSPS) is 14.1. The molecular weight excluding hydrogens is 414 g/mol. The smallest absolute Gasteiger partial charge is 0.185 e. The molecule has 0 N–H and O–H groups in total. The molecule has 5 rings (SSSR count). The van der Waals surface area contributed by atoms with E-state index in [0.29, 0.717) is 23.9 Å². The minimum atomic E-state index is -3.48. The van der Waals surface area contributed by atoms with Crippen molar-refractivity contribution in [2.24, 2.45) is 0 Å². The fourth-order valence-corrected chi connectivity index (χ4v) is 6.22. The highest BCUT2D eigenvalue weighted by atomic mass is 32.2. The van der Waals surface area contributed by atoms with E-state index in [-0.39, 0.29) is 10.6 Å². The van der Waals surface area contributed by atoms with Crippen LogP contribution in [-0.4, -0.2) is 31.5 Å². The summed E-state index contributed by atoms with van der Waals surface area (Å²) in [6.07, 6.45) is 1.61. The van der Waals surface area contributed by atoms with E-state index in [4.69, 9.17) is 4.74 Å². The van der Waals surface area contributed by atoms with Crippen molar-refractivity contribution in [3.8, 4) is 5.75 Å². The summed E-state index contributed by atoms with van der Waals surface area (Å²) in [4.78, 5) is 10.8. The summed E-state index contributed by atoms with van der Waals surface area (Å²) in [5.41, 5.74) is 4.72. The van der Waals surface area contributed by atoms with Gasteiger partial charge in [0.15, 0.2) is 9.84 Å². The van der Waals surface area contributed by atoms with Crippen molar-refractivity contribution in [2.75, 3.05) is 18.1 Å². The molecule has 3 heterocycles. The van der Waals surface area contributed by atoms with Gasteiger partial charge in [-0.15, -0.1) is 22.7 Å². The van der Waals surface area contributed by atoms with E-state index >= 15 is 0 Å². The predicted molar refractivity (Wildman–Crippen MR) is 112 cm³/mol. The van der Waals surface area contributed by atoms with Crippen LogP contribution < -0.4 is 9.64 Å². The van der Waals surface area contributed by atoms with E-state index in [2.05, 4.69) is 20.9 Å². The summed E-state index contributed by atoms with van der Waals surface area (Å²) < 4.78 is 32.4. The van der Waals surface area contributed by atoms with E-state index in [1.54, 1.807) is 35.0 Å². The molecule has 0 unspecified atom stereocenters. The molecule has 9 heteroatoms. The van der Waals surface area contributed by atoms with Crippen LogP contribution in [-0.2, 0) is 15.6 Å². The Balaban J connectivity index is 1.50. The Morgan fingerprint density at radius 3 is 2.89 bits per heavy atom. The Hall–Kier alpha value is -2.49. The van der Waals surface area contributed by atoms with Gasteiger partial charge >= 0.3 is 0 Å². The Bertz CT molecular complexity index is 1250. The molecule has 0 amide bonds. The van der Waals surface area contributed by atoms with Crippen LogP contribution in [0.2, 0.25) is 0 Å². The minimum absolute atomic E-state index is 0.102. The molecule has 2 aromatic heterocycles. The first-order valence-electron chi connectivity index (χ1n) is 8.59. The average Bonchev–Trinajstić information content (AvgIpc) is 3.37. The number of sulfone groups is 1. The zero-order valence-electron chi connectivity index (χ0n) is 14.6. The monoisotopic (exact) mass is 429 g/mol. The van der Waals surface area contributed by atoms with Crippen molar-refractivity contribution in [3.05, 3.63) is 58.5 Å². The molecule has 1 aliphatic rings. The molecule has 0 atom stereocenters. The first kappa shape index (κ1) is 17.6. The standard InChI is InChI=1S/C19H15N3O3S3/c23-28(24,11-19-20-5-8-26-19)14-2-4-16-17(10-14)25-7-6-22(16)13-1-3-15-18(9-13)27-12-21-15/h1-5,8-10,12H,6-7,11H2. The fraction of sp³-hybridized carbons (Fsp3) is 0.158. The molecule has 0 aliphatic carbocycles. The second kappa shape index (κ2) is 6.84. The van der Waals surface area contributed by atoms with E-state index in [1.165, 1.54) is 11.3 Å². The number of anilines is 2. The Morgan fingerprint density at radius 1 is 1.11 bits per heavy atom. The number of hydrogen-bond acceptors (Lipinski definition) is 8. The Morgan fingerprint density at radius 2 is 2.04 bits per heavy atom. The van der Waals surface area contributed by atoms with Crippen LogP contribution in [0.3, 0.4) is 0 Å². The summed E-state index contributed by atoms with van der Waals surface area (Å²) in [7, 11) is -3.48. The van der Waals surface area contributed by atoms with Crippen molar-refractivity contribution in [1.29, 1.82) is 0 Å². The zero-order chi connectivity index (χ0) is 19.1. The van der Waals surface area contributed by atoms with Gasteiger partial charge in [0.2, 0.25) is 0 Å². The van der Waals surface area contributed by atoms with E-state index in [0.717, 1.165) is 21.6 Å². The third kappa shape index (κ3) is 3.15. The topological polar surface area (TPSA) is 72.4 Å². The maximum absolute atomic E-state index is 12.7. The fourth-order valence-electron chi connectivity index (χ4n) is 3.24. The molecule has 0 radical (unpaired) electrons. The second-order valence-electron chi connectivity index (χ2n) is 6.32. The molecule has 4 aromatic rings. The summed E-state index contributed by atoms with van der Waals surface area (Å²) in [5.74, 6) is 0.478. The van der Waals surface area contributed by atoms with Crippen molar-refractivity contribution in [2.45, 2.75) is 10.6 Å². The quantitative estimate of drug-likeness (QED) is 0.483. The van der Waals surface area contributed by atoms with Crippen LogP contribution in [0.5, 0.6) is 5.75 Å². The van der Waals surface area contributed by atoms with Gasteiger partial charge in [-0.1, -0.05) is 0 Å². The molecule has 0 fully saturated rings. The Kier molecular flexibility index (Phi) is 4.30. The molecular formula is C19H15N3O3S3. The maximum Gasteiger partial charge on any atom is 0.185 e. The number of thiazole rings is 2. The van der Waals surface area contributed by atoms with Crippen molar-refractivity contribution >= 4 is 54.1 Å². The predicted octanol–water partition coefficient (Wildman–Crippen LogP) is 4.26. The molecule has 28 heavy (non-hydrogen) atoms. The lowest BCUT2D eigenvalue weighted by Crippen LogP contribution is -2.28. The number of ether oxygens (including phenoxy) is 1. The second-order valence-corrected chi connectivity index (χ2v) is 10.2. The third-order valence-electron chi connectivity index (χ3n) is 4.58. The summed E-state index contributed by atoms with van der Waals surface area (Å²) >= 11 is 2.94. The number of nitrogens with zero attached hydrogens (tertiary/aromatic N) is 3. The highest BCUT2D eigenvalue weighted by Gasteiger charge is 2.24. The number of benzene rings is 2. The molecule has 0 bridgehead atoms. The summed E-state index contributed by atoms with van der Waals surface area (Å²) in [5, 5.41) is 2.36. The lowest BCUT2D eigenvalue weighted by molar-refractivity contribution is 0.313. The first-order valence-corrected chi connectivity index (χ1v) is 12.0. The van der Waals surface area contributed by atoms with Gasteiger partial charge in [-0.25, -0.2) is 18.4 Å². The van der Waals surface area contributed by atoms with E-state index in [9.17, 15) is 8.42 Å². The van der Waals surface area contributed by atoms with Gasteiger partial charge in [0.05, 0.1) is 32.9 Å². The number of hydrogen-bond donors (Lipinski definition) is 0. The SMILES string of the molecule is O=S(=O)(Cc1nccs1)c1ccc2c(c1)OCCN2c1ccc2ncsc2c1. The van der Waals surface area contributed by atoms with Gasteiger partial charge in [-0.2, -0.15) is 0 Å². The Labute approximate surface area is 170 Å². The highest BCUT2D eigenvalue weighted by molar-refractivity contribution is 7.90. The van der Waals surface area contributed by atoms with Crippen molar-refractivity contribution in [1.82, 2.24) is 9.97 Å². The van der Waals surface area contributed by atoms with Gasteiger partial charge in [0.1, 0.15) is 23.1 Å². The summed E-state index contributed by atoms with van der Waals surface area (Å²) in [6, 6.07) is 11.2. The molecule has 142 valence electrons. The lowest BCUT2D eigenvalue weighted by atomic mass is 10.2. The van der Waals surface area contributed by atoms with Gasteiger partial charge < -0.3 is 9.64 Å². The van der Waals surface area contributed by atoms with Gasteiger partial charge in [-0.3, -0.25) is 0 Å². The molecule has 6 nitrogen and oxygen atoms in total. The minimum Gasteiger partial charge on any atom is -0.489 e. The molecule has 0 saturated heterocycles. The highest BCUT2D eigenvalue weighted by Crippen LogP contribution is 2.39. The lowest BCUT2D eigenvalue weighted by Gasteiger charge is -2.31. The maximum atomic E-state index is 12.7. The van der Waals surface area contributed by atoms with Crippen molar-refractivity contribution < 1.29 is 13.2 Å². The van der Waals surface area contributed by atoms with Crippen LogP contribution in [0.4, 0.5) is 11.4 Å². The average molecular weight is 430 g/mol. The van der Waals surface area contributed by atoms with Crippen LogP contribution in [0, 0.1) is 0 Å². The van der Waals surface area contributed by atoms with Crippen LogP contribution >= 0.6 is 22.7 Å². The molecule has 1 aliphatic heterocycles. The number of fused-ring (bicyclic) bond motifs is 2. The largest absolute Gasteiger partial charge is 0.489 e. The number of aromatic nitrogens is 2. The molecule has 2 aromatic carbocycles. The van der Waals surface area contributed by atoms with Crippen LogP contribution in [0.25, 0.3) is 10.2 Å². The summed E-state index contributed by atoms with van der Waals surface area (Å²) in [6.45, 7) is 1.19. The third-order valence-corrected chi connectivity index (χ3v) is 7.96.